The molecule has 0 saturated heterocycles. The van der Waals surface area contributed by atoms with Crippen LogP contribution in [-0.2, 0) is 6.54 Å². The molecule has 0 amide bonds. The van der Waals surface area contributed by atoms with Crippen LogP contribution in [0.3, 0.4) is 0 Å². The lowest BCUT2D eigenvalue weighted by molar-refractivity contribution is 0.325. The van der Waals surface area contributed by atoms with Crippen molar-refractivity contribution in [2.45, 2.75) is 51.1 Å². The lowest BCUT2D eigenvalue weighted by atomic mass is 9.80. The van der Waals surface area contributed by atoms with Gasteiger partial charge in [-0.3, -0.25) is 0 Å². The number of nitrogens with zero attached hydrogens (tertiary/aromatic N) is 2. The predicted molar refractivity (Wildman–Crippen MR) is 85.0 cm³/mol. The van der Waals surface area contributed by atoms with E-state index in [1.165, 1.54) is 31.2 Å². The largest absolute Gasteiger partial charge is 0.308 e. The summed E-state index contributed by atoms with van der Waals surface area (Å²) in [5.74, 6) is 1.47. The summed E-state index contributed by atoms with van der Waals surface area (Å²) in [5, 5.41) is 3.72. The van der Waals surface area contributed by atoms with E-state index in [1.807, 2.05) is 19.2 Å². The topological polar surface area (TPSA) is 37.8 Å². The Kier molecular flexibility index (Phi) is 4.61. The molecule has 1 fully saturated rings. The summed E-state index contributed by atoms with van der Waals surface area (Å²) in [5.41, 5.74) is 2.55. The summed E-state index contributed by atoms with van der Waals surface area (Å²) in [7, 11) is 0. The summed E-state index contributed by atoms with van der Waals surface area (Å²) in [6, 6.07) is 13.5. The minimum atomic E-state index is 0.552. The van der Waals surface area contributed by atoms with Gasteiger partial charge in [0.25, 0.3) is 0 Å². The molecule has 3 rings (SSSR count). The first-order valence-electron chi connectivity index (χ1n) is 7.90. The molecular weight excluding hydrogens is 258 g/mol. The summed E-state index contributed by atoms with van der Waals surface area (Å²) in [6.07, 6.45) is 7.04. The fourth-order valence-corrected chi connectivity index (χ4v) is 3.31. The number of aromatic nitrogens is 2. The zero-order valence-corrected chi connectivity index (χ0v) is 12.6. The maximum absolute atomic E-state index is 4.48. The molecule has 2 unspecified atom stereocenters. The van der Waals surface area contributed by atoms with Gasteiger partial charge in [-0.1, -0.05) is 43.2 Å². The third-order valence-electron chi connectivity index (χ3n) is 4.37. The van der Waals surface area contributed by atoms with Gasteiger partial charge in [-0.15, -0.1) is 0 Å². The van der Waals surface area contributed by atoms with Gasteiger partial charge in [-0.2, -0.15) is 0 Å². The molecule has 1 saturated carbocycles. The molecule has 0 aliphatic heterocycles. The molecule has 0 spiro atoms. The fraction of sp³-hybridized carbons (Fsp3) is 0.444. The van der Waals surface area contributed by atoms with Crippen molar-refractivity contribution in [3.8, 4) is 0 Å². The molecule has 1 aromatic heterocycles. The fourth-order valence-electron chi connectivity index (χ4n) is 3.31. The molecular formula is C18H23N3. The molecule has 2 atom stereocenters. The van der Waals surface area contributed by atoms with Gasteiger partial charge >= 0.3 is 0 Å². The summed E-state index contributed by atoms with van der Waals surface area (Å²) >= 11 is 0. The highest BCUT2D eigenvalue weighted by Gasteiger charge is 2.25. The highest BCUT2D eigenvalue weighted by Crippen LogP contribution is 2.33. The molecule has 1 N–H and O–H groups in total. The zero-order chi connectivity index (χ0) is 14.5. The van der Waals surface area contributed by atoms with Crippen molar-refractivity contribution in [1.82, 2.24) is 15.3 Å². The molecule has 1 aliphatic carbocycles. The molecule has 21 heavy (non-hydrogen) atoms. The van der Waals surface area contributed by atoms with Crippen LogP contribution >= 0.6 is 0 Å². The highest BCUT2D eigenvalue weighted by atomic mass is 15.0. The van der Waals surface area contributed by atoms with Crippen LogP contribution in [0.15, 0.2) is 42.6 Å². The summed E-state index contributed by atoms with van der Waals surface area (Å²) < 4.78 is 0. The Labute approximate surface area is 126 Å². The van der Waals surface area contributed by atoms with Gasteiger partial charge in [0.2, 0.25) is 0 Å². The maximum Gasteiger partial charge on any atom is 0.125 e. The lowest BCUT2D eigenvalue weighted by Gasteiger charge is -2.32. The van der Waals surface area contributed by atoms with E-state index < -0.39 is 0 Å². The standard InChI is InChI=1S/C18H23N3/c1-14-19-12-11-16(21-14)13-20-18-10-6-5-9-17(18)15-7-3-2-4-8-15/h2-4,7-8,11-12,17-18,20H,5-6,9-10,13H2,1H3. The molecule has 0 bridgehead atoms. The van der Waals surface area contributed by atoms with Crippen molar-refractivity contribution in [2.75, 3.05) is 0 Å². The zero-order valence-electron chi connectivity index (χ0n) is 12.6. The van der Waals surface area contributed by atoms with Crippen LogP contribution in [0.25, 0.3) is 0 Å². The number of rotatable bonds is 4. The Morgan fingerprint density at radius 1 is 1.10 bits per heavy atom. The molecule has 1 aromatic carbocycles. The van der Waals surface area contributed by atoms with Crippen LogP contribution in [0, 0.1) is 6.92 Å². The van der Waals surface area contributed by atoms with E-state index >= 15 is 0 Å². The van der Waals surface area contributed by atoms with E-state index in [1.54, 1.807) is 0 Å². The molecule has 3 nitrogen and oxygen atoms in total. The summed E-state index contributed by atoms with van der Waals surface area (Å²) in [4.78, 5) is 8.64. The van der Waals surface area contributed by atoms with Gasteiger partial charge in [0.1, 0.15) is 5.82 Å². The third kappa shape index (κ3) is 3.67. The van der Waals surface area contributed by atoms with Crippen LogP contribution in [0.5, 0.6) is 0 Å². The van der Waals surface area contributed by atoms with Crippen molar-refractivity contribution in [2.24, 2.45) is 0 Å². The van der Waals surface area contributed by atoms with Crippen LogP contribution in [-0.4, -0.2) is 16.0 Å². The van der Waals surface area contributed by atoms with Crippen LogP contribution in [0.1, 0.15) is 48.7 Å². The number of hydrogen-bond donors (Lipinski definition) is 1. The monoisotopic (exact) mass is 281 g/mol. The van der Waals surface area contributed by atoms with E-state index in [9.17, 15) is 0 Å². The van der Waals surface area contributed by atoms with Gasteiger partial charge in [0.15, 0.2) is 0 Å². The van der Waals surface area contributed by atoms with Crippen molar-refractivity contribution in [1.29, 1.82) is 0 Å². The first-order chi connectivity index (χ1) is 10.3. The second-order valence-electron chi connectivity index (χ2n) is 5.88. The number of benzene rings is 1. The Hall–Kier alpha value is -1.74. The molecule has 1 heterocycles. The molecule has 2 aromatic rings. The number of nitrogens with one attached hydrogen (secondary N) is 1. The van der Waals surface area contributed by atoms with Crippen molar-refractivity contribution < 1.29 is 0 Å². The van der Waals surface area contributed by atoms with E-state index in [2.05, 4.69) is 45.6 Å². The van der Waals surface area contributed by atoms with Gasteiger partial charge in [0, 0.05) is 18.8 Å². The van der Waals surface area contributed by atoms with Crippen LogP contribution in [0.2, 0.25) is 0 Å². The smallest absolute Gasteiger partial charge is 0.125 e. The number of hydrogen-bond acceptors (Lipinski definition) is 3. The first kappa shape index (κ1) is 14.2. The average molecular weight is 281 g/mol. The highest BCUT2D eigenvalue weighted by molar-refractivity contribution is 5.22. The predicted octanol–water partition coefficient (Wildman–Crippen LogP) is 3.60. The molecule has 110 valence electrons. The Morgan fingerprint density at radius 3 is 2.71 bits per heavy atom. The quantitative estimate of drug-likeness (QED) is 0.930. The van der Waals surface area contributed by atoms with Gasteiger partial charge in [0.05, 0.1) is 5.69 Å². The normalized spacial score (nSPS) is 22.1. The second kappa shape index (κ2) is 6.81. The average Bonchev–Trinajstić information content (AvgIpc) is 2.54. The van der Waals surface area contributed by atoms with Crippen LogP contribution < -0.4 is 5.32 Å². The van der Waals surface area contributed by atoms with E-state index in [4.69, 9.17) is 0 Å². The maximum atomic E-state index is 4.48. The van der Waals surface area contributed by atoms with E-state index in [0.29, 0.717) is 12.0 Å². The Morgan fingerprint density at radius 2 is 1.90 bits per heavy atom. The summed E-state index contributed by atoms with van der Waals surface area (Å²) in [6.45, 7) is 2.77. The van der Waals surface area contributed by atoms with Gasteiger partial charge < -0.3 is 5.32 Å². The van der Waals surface area contributed by atoms with Gasteiger partial charge in [-0.25, -0.2) is 9.97 Å². The van der Waals surface area contributed by atoms with Gasteiger partial charge in [-0.05, 0) is 37.3 Å². The Bertz CT molecular complexity index is 568. The minimum Gasteiger partial charge on any atom is -0.308 e. The molecule has 3 heteroatoms. The number of aryl methyl sites for hydroxylation is 1. The first-order valence-corrected chi connectivity index (χ1v) is 7.90. The Balaban J connectivity index is 1.67. The van der Waals surface area contributed by atoms with E-state index in [0.717, 1.165) is 18.1 Å². The van der Waals surface area contributed by atoms with Crippen molar-refractivity contribution >= 4 is 0 Å². The van der Waals surface area contributed by atoms with E-state index in [-0.39, 0.29) is 0 Å². The van der Waals surface area contributed by atoms with Crippen molar-refractivity contribution in [3.63, 3.8) is 0 Å². The third-order valence-corrected chi connectivity index (χ3v) is 4.37. The molecule has 0 radical (unpaired) electrons. The molecule has 1 aliphatic rings. The van der Waals surface area contributed by atoms with Crippen molar-refractivity contribution in [3.05, 3.63) is 59.7 Å². The second-order valence-corrected chi connectivity index (χ2v) is 5.88. The lowest BCUT2D eigenvalue weighted by Crippen LogP contribution is -2.37. The minimum absolute atomic E-state index is 0.552. The SMILES string of the molecule is Cc1nccc(CNC2CCCCC2c2ccccc2)n1. The van der Waals surface area contributed by atoms with Crippen LogP contribution in [0.4, 0.5) is 0 Å².